The van der Waals surface area contributed by atoms with Crippen molar-refractivity contribution in [3.63, 3.8) is 0 Å². The fourth-order valence-corrected chi connectivity index (χ4v) is 2.01. The van der Waals surface area contributed by atoms with Crippen molar-refractivity contribution >= 4 is 11.8 Å². The summed E-state index contributed by atoms with van der Waals surface area (Å²) in [5, 5.41) is 12.0. The zero-order valence-corrected chi connectivity index (χ0v) is 8.66. The van der Waals surface area contributed by atoms with Gasteiger partial charge in [0, 0.05) is 25.8 Å². The monoisotopic (exact) mass is 206 g/mol. The van der Waals surface area contributed by atoms with Gasteiger partial charge in [0.15, 0.2) is 0 Å². The van der Waals surface area contributed by atoms with Gasteiger partial charge in [0.2, 0.25) is 0 Å². The fourth-order valence-electron chi connectivity index (χ4n) is 2.01. The average molecular weight is 206 g/mol. The second-order valence-corrected chi connectivity index (χ2v) is 3.65. The molecule has 0 radical (unpaired) electrons. The second kappa shape index (κ2) is 3.81. The van der Waals surface area contributed by atoms with Crippen molar-refractivity contribution in [3.05, 3.63) is 29.3 Å². The topological polar surface area (TPSA) is 52.6 Å². The highest BCUT2D eigenvalue weighted by Gasteiger charge is 2.21. The molecule has 0 aromatic heterocycles. The van der Waals surface area contributed by atoms with Crippen molar-refractivity contribution in [1.29, 1.82) is 0 Å². The Balaban J connectivity index is 2.31. The fraction of sp³-hybridized carbons (Fsp3) is 0.364. The van der Waals surface area contributed by atoms with E-state index in [1.165, 1.54) is 10.5 Å². The molecule has 1 heterocycles. The molecule has 80 valence electrons. The van der Waals surface area contributed by atoms with Crippen LogP contribution in [0.1, 0.15) is 11.1 Å². The van der Waals surface area contributed by atoms with Crippen LogP contribution in [0.3, 0.4) is 0 Å². The number of anilines is 1. The summed E-state index contributed by atoms with van der Waals surface area (Å²) < 4.78 is 0. The molecule has 15 heavy (non-hydrogen) atoms. The van der Waals surface area contributed by atoms with Crippen LogP contribution < -0.4 is 5.32 Å². The summed E-state index contributed by atoms with van der Waals surface area (Å²) >= 11 is 0. The van der Waals surface area contributed by atoms with Crippen molar-refractivity contribution in [2.45, 2.75) is 13.0 Å². The lowest BCUT2D eigenvalue weighted by atomic mass is 9.98. The molecule has 0 aliphatic carbocycles. The van der Waals surface area contributed by atoms with Crippen LogP contribution in [0.2, 0.25) is 0 Å². The number of hydrogen-bond donors (Lipinski definition) is 2. The van der Waals surface area contributed by atoms with E-state index in [1.54, 1.807) is 0 Å². The van der Waals surface area contributed by atoms with Crippen LogP contribution in [-0.4, -0.2) is 29.7 Å². The highest BCUT2D eigenvalue weighted by Crippen LogP contribution is 2.25. The van der Waals surface area contributed by atoms with Crippen LogP contribution in [0.5, 0.6) is 0 Å². The van der Waals surface area contributed by atoms with E-state index >= 15 is 0 Å². The molecule has 0 saturated heterocycles. The van der Waals surface area contributed by atoms with Crippen LogP contribution in [0.15, 0.2) is 18.2 Å². The minimum absolute atomic E-state index is 0.500. The lowest BCUT2D eigenvalue weighted by Gasteiger charge is -2.27. The molecule has 1 amide bonds. The van der Waals surface area contributed by atoms with Gasteiger partial charge < -0.3 is 15.3 Å². The van der Waals surface area contributed by atoms with Crippen molar-refractivity contribution < 1.29 is 9.90 Å². The highest BCUT2D eigenvalue weighted by molar-refractivity contribution is 5.66. The van der Waals surface area contributed by atoms with E-state index in [0.29, 0.717) is 13.1 Å². The maximum atomic E-state index is 10.8. The maximum Gasteiger partial charge on any atom is 0.407 e. The molecule has 0 fully saturated rings. The first-order valence-corrected chi connectivity index (χ1v) is 4.98. The first-order chi connectivity index (χ1) is 7.22. The number of fused-ring (bicyclic) bond motifs is 1. The van der Waals surface area contributed by atoms with Crippen LogP contribution in [0.25, 0.3) is 0 Å². The predicted molar refractivity (Wildman–Crippen MR) is 58.1 cm³/mol. The molecular weight excluding hydrogens is 192 g/mol. The summed E-state index contributed by atoms with van der Waals surface area (Å²) in [7, 11) is 1.89. The van der Waals surface area contributed by atoms with Gasteiger partial charge >= 0.3 is 6.09 Å². The Hall–Kier alpha value is -1.71. The van der Waals surface area contributed by atoms with Gasteiger partial charge in [-0.05, 0) is 23.6 Å². The Morgan fingerprint density at radius 3 is 3.00 bits per heavy atom. The van der Waals surface area contributed by atoms with Crippen molar-refractivity contribution in [2.24, 2.45) is 0 Å². The SMILES string of the molecule is CNc1cccc2c1CCN(C(=O)O)C2. The molecule has 0 unspecified atom stereocenters. The molecule has 1 aliphatic rings. The normalized spacial score (nSPS) is 14.6. The summed E-state index contributed by atoms with van der Waals surface area (Å²) in [5.74, 6) is 0. The lowest BCUT2D eigenvalue weighted by molar-refractivity contribution is 0.140. The molecule has 4 heteroatoms. The number of hydrogen-bond acceptors (Lipinski definition) is 2. The quantitative estimate of drug-likeness (QED) is 0.736. The van der Waals surface area contributed by atoms with Crippen molar-refractivity contribution in [2.75, 3.05) is 18.9 Å². The molecule has 1 aromatic rings. The standard InChI is InChI=1S/C11H14N2O2/c1-12-10-4-2-3-8-7-13(11(14)15)6-5-9(8)10/h2-4,12H,5-7H2,1H3,(H,14,15). The van der Waals surface area contributed by atoms with E-state index in [-0.39, 0.29) is 0 Å². The van der Waals surface area contributed by atoms with Gasteiger partial charge in [0.05, 0.1) is 0 Å². The Labute approximate surface area is 88.5 Å². The summed E-state index contributed by atoms with van der Waals surface area (Å²) in [4.78, 5) is 12.3. The van der Waals surface area contributed by atoms with E-state index in [2.05, 4.69) is 5.32 Å². The molecular formula is C11H14N2O2. The number of benzene rings is 1. The second-order valence-electron chi connectivity index (χ2n) is 3.65. The Bertz CT molecular complexity index is 390. The smallest absolute Gasteiger partial charge is 0.407 e. The molecule has 0 atom stereocenters. The van der Waals surface area contributed by atoms with E-state index in [9.17, 15) is 4.79 Å². The number of carboxylic acid groups (broad SMARTS) is 1. The van der Waals surface area contributed by atoms with E-state index in [1.807, 2.05) is 25.2 Å². The molecule has 2 N–H and O–H groups in total. The number of carbonyl (C=O) groups is 1. The molecule has 2 rings (SSSR count). The van der Waals surface area contributed by atoms with Crippen LogP contribution in [-0.2, 0) is 13.0 Å². The minimum atomic E-state index is -0.837. The van der Waals surface area contributed by atoms with Gasteiger partial charge in [-0.2, -0.15) is 0 Å². The zero-order valence-electron chi connectivity index (χ0n) is 8.66. The van der Waals surface area contributed by atoms with Crippen LogP contribution in [0.4, 0.5) is 10.5 Å². The summed E-state index contributed by atoms with van der Waals surface area (Å²) in [6, 6.07) is 5.97. The molecule has 0 bridgehead atoms. The van der Waals surface area contributed by atoms with Gasteiger partial charge in [-0.3, -0.25) is 0 Å². The zero-order chi connectivity index (χ0) is 10.8. The third kappa shape index (κ3) is 1.75. The van der Waals surface area contributed by atoms with Gasteiger partial charge in [0.1, 0.15) is 0 Å². The Morgan fingerprint density at radius 1 is 1.53 bits per heavy atom. The first-order valence-electron chi connectivity index (χ1n) is 4.98. The first kappa shape index (κ1) is 9.83. The number of rotatable bonds is 1. The molecule has 1 aliphatic heterocycles. The Kier molecular flexibility index (Phi) is 2.49. The van der Waals surface area contributed by atoms with Crippen molar-refractivity contribution in [3.8, 4) is 0 Å². The maximum absolute atomic E-state index is 10.8. The Morgan fingerprint density at radius 2 is 2.33 bits per heavy atom. The highest BCUT2D eigenvalue weighted by atomic mass is 16.4. The minimum Gasteiger partial charge on any atom is -0.465 e. The van der Waals surface area contributed by atoms with Crippen molar-refractivity contribution in [1.82, 2.24) is 4.90 Å². The van der Waals surface area contributed by atoms with E-state index in [4.69, 9.17) is 5.11 Å². The van der Waals surface area contributed by atoms with E-state index < -0.39 is 6.09 Å². The largest absolute Gasteiger partial charge is 0.465 e. The lowest BCUT2D eigenvalue weighted by Crippen LogP contribution is -2.34. The predicted octanol–water partition coefficient (Wildman–Crippen LogP) is 1.76. The van der Waals surface area contributed by atoms with Crippen LogP contribution >= 0.6 is 0 Å². The number of amides is 1. The number of nitrogens with one attached hydrogen (secondary N) is 1. The van der Waals surface area contributed by atoms with E-state index in [0.717, 1.165) is 17.7 Å². The molecule has 1 aromatic carbocycles. The summed E-state index contributed by atoms with van der Waals surface area (Å²) in [6.45, 7) is 1.08. The molecule has 4 nitrogen and oxygen atoms in total. The third-order valence-electron chi connectivity index (χ3n) is 2.81. The van der Waals surface area contributed by atoms with Gasteiger partial charge in [-0.25, -0.2) is 4.79 Å². The molecule has 0 saturated carbocycles. The average Bonchev–Trinajstić information content (AvgIpc) is 2.27. The van der Waals surface area contributed by atoms with Gasteiger partial charge in [-0.1, -0.05) is 12.1 Å². The van der Waals surface area contributed by atoms with Gasteiger partial charge in [-0.15, -0.1) is 0 Å². The number of nitrogens with zero attached hydrogens (tertiary/aromatic N) is 1. The van der Waals surface area contributed by atoms with Gasteiger partial charge in [0.25, 0.3) is 0 Å². The third-order valence-corrected chi connectivity index (χ3v) is 2.81. The summed E-state index contributed by atoms with van der Waals surface area (Å²) in [5.41, 5.74) is 3.46. The molecule has 0 spiro atoms. The van der Waals surface area contributed by atoms with Crippen LogP contribution in [0, 0.1) is 0 Å². The summed E-state index contributed by atoms with van der Waals surface area (Å²) in [6.07, 6.45) is -0.0472.